The van der Waals surface area contributed by atoms with Gasteiger partial charge in [-0.05, 0) is 218 Å². The fraction of sp³-hybridized carbons (Fsp3) is 0.138. The molecule has 1 saturated carbocycles. The van der Waals surface area contributed by atoms with E-state index in [0.717, 1.165) is 46.7 Å². The van der Waals surface area contributed by atoms with Gasteiger partial charge in [-0.15, -0.1) is 0 Å². The van der Waals surface area contributed by atoms with Crippen LogP contribution in [0.1, 0.15) is 68.8 Å². The van der Waals surface area contributed by atoms with Gasteiger partial charge in [-0.1, -0.05) is 157 Å². The standard InChI is InChI=1S/C65H47IO2/c1-6-44-52-30-50-33(3)32(2)34(4)54(63(50)55(52)35(5)56-53(31-66)64(67)65(68)61(62(44)56)42-17-18-42)49-28-23-43(45-24-19-40-15-13-36-9-7-11-38-21-26-47(45)59(40)57(36)38)29-51(49)46-25-20-41-16-14-37-10-8-12-39-22-27-48(46)60(41)58(37)39/h6-16,19-29,42,67-68H,1,17-18,30-31H2,2-5H3. The Kier molecular flexibility index (Phi) is 8.44. The van der Waals surface area contributed by atoms with Crippen LogP contribution in [-0.2, 0) is 10.8 Å². The lowest BCUT2D eigenvalue weighted by Crippen LogP contribution is -2.02. The zero-order valence-electron chi connectivity index (χ0n) is 38.6. The monoisotopic (exact) mass is 986 g/mol. The van der Waals surface area contributed by atoms with E-state index in [0.29, 0.717) is 4.43 Å². The molecule has 0 saturated heterocycles. The molecule has 0 aliphatic heterocycles. The highest BCUT2D eigenvalue weighted by molar-refractivity contribution is 14.1. The summed E-state index contributed by atoms with van der Waals surface area (Å²) >= 11 is 2.36. The van der Waals surface area contributed by atoms with E-state index in [1.54, 1.807) is 0 Å². The third-order valence-electron chi connectivity index (χ3n) is 16.6. The topological polar surface area (TPSA) is 40.5 Å². The second-order valence-corrected chi connectivity index (χ2v) is 20.6. The second kappa shape index (κ2) is 14.3. The van der Waals surface area contributed by atoms with Gasteiger partial charge in [0.1, 0.15) is 0 Å². The molecule has 0 radical (unpaired) electrons. The Labute approximate surface area is 409 Å². The van der Waals surface area contributed by atoms with Crippen molar-refractivity contribution in [3.05, 3.63) is 184 Å². The fourth-order valence-corrected chi connectivity index (χ4v) is 13.9. The van der Waals surface area contributed by atoms with Gasteiger partial charge >= 0.3 is 0 Å². The molecule has 2 aliphatic carbocycles. The largest absolute Gasteiger partial charge is 0.504 e. The van der Waals surface area contributed by atoms with Gasteiger partial charge in [0, 0.05) is 15.6 Å². The molecule has 2 nitrogen and oxygen atoms in total. The number of aryl methyl sites for hydroxylation is 1. The van der Waals surface area contributed by atoms with Crippen molar-refractivity contribution in [2.24, 2.45) is 0 Å². The Bertz CT molecular complexity index is 4210. The summed E-state index contributed by atoms with van der Waals surface area (Å²) in [4.78, 5) is 0. The molecule has 0 spiro atoms. The third-order valence-corrected chi connectivity index (χ3v) is 17.4. The van der Waals surface area contributed by atoms with Crippen molar-refractivity contribution in [3.8, 4) is 56.0 Å². The average molecular weight is 987 g/mol. The van der Waals surface area contributed by atoms with Crippen LogP contribution < -0.4 is 0 Å². The summed E-state index contributed by atoms with van der Waals surface area (Å²) in [6.45, 7) is 13.7. The highest BCUT2D eigenvalue weighted by Crippen LogP contribution is 2.59. The number of alkyl halides is 1. The van der Waals surface area contributed by atoms with Gasteiger partial charge in [-0.25, -0.2) is 0 Å². The first kappa shape index (κ1) is 40.1. The number of hydrogen-bond acceptors (Lipinski definition) is 2. The van der Waals surface area contributed by atoms with Crippen LogP contribution in [0.5, 0.6) is 11.5 Å². The number of phenols is 2. The molecule has 326 valence electrons. The summed E-state index contributed by atoms with van der Waals surface area (Å²) in [6, 6.07) is 48.3. The van der Waals surface area contributed by atoms with Gasteiger partial charge in [0.15, 0.2) is 11.5 Å². The minimum absolute atomic E-state index is 0.0280. The van der Waals surface area contributed by atoms with Crippen molar-refractivity contribution in [3.63, 3.8) is 0 Å². The van der Waals surface area contributed by atoms with Crippen molar-refractivity contribution >= 4 is 104 Å². The number of phenolic OH excluding ortho intramolecular Hbond substituents is 2. The normalized spacial score (nSPS) is 13.7. The Balaban J connectivity index is 1.11. The molecule has 12 aromatic rings. The van der Waals surface area contributed by atoms with Crippen molar-refractivity contribution < 1.29 is 10.2 Å². The summed E-state index contributed by atoms with van der Waals surface area (Å²) in [5, 5.41) is 41.0. The van der Waals surface area contributed by atoms with Crippen molar-refractivity contribution in [1.82, 2.24) is 0 Å². The lowest BCUT2D eigenvalue weighted by Gasteiger charge is -2.25. The maximum Gasteiger partial charge on any atom is 0.162 e. The summed E-state index contributed by atoms with van der Waals surface area (Å²) in [5.41, 5.74) is 20.4. The summed E-state index contributed by atoms with van der Waals surface area (Å²) < 4.78 is 0.573. The van der Waals surface area contributed by atoms with E-state index >= 15 is 0 Å². The Morgan fingerprint density at radius 2 is 1.04 bits per heavy atom. The fourth-order valence-electron chi connectivity index (χ4n) is 13.1. The van der Waals surface area contributed by atoms with Crippen LogP contribution >= 0.6 is 22.6 Å². The Hall–Kier alpha value is -6.95. The molecule has 14 rings (SSSR count). The van der Waals surface area contributed by atoms with Gasteiger partial charge in [0.05, 0.1) is 0 Å². The van der Waals surface area contributed by atoms with Crippen molar-refractivity contribution in [2.45, 2.75) is 57.3 Å². The molecule has 0 unspecified atom stereocenters. The minimum Gasteiger partial charge on any atom is -0.504 e. The summed E-state index contributed by atoms with van der Waals surface area (Å²) in [7, 11) is 0. The van der Waals surface area contributed by atoms with E-state index in [1.807, 2.05) is 6.08 Å². The van der Waals surface area contributed by atoms with Crippen LogP contribution in [0.25, 0.3) is 126 Å². The van der Waals surface area contributed by atoms with E-state index in [-0.39, 0.29) is 17.4 Å². The van der Waals surface area contributed by atoms with E-state index in [9.17, 15) is 10.2 Å². The Morgan fingerprint density at radius 1 is 0.500 bits per heavy atom. The lowest BCUT2D eigenvalue weighted by atomic mass is 9.79. The van der Waals surface area contributed by atoms with Crippen LogP contribution in [0.3, 0.4) is 0 Å². The van der Waals surface area contributed by atoms with Crippen LogP contribution in [0, 0.1) is 27.7 Å². The van der Waals surface area contributed by atoms with E-state index < -0.39 is 0 Å². The predicted octanol–water partition coefficient (Wildman–Crippen LogP) is 18.3. The van der Waals surface area contributed by atoms with Gasteiger partial charge in [-0.3, -0.25) is 0 Å². The molecule has 68 heavy (non-hydrogen) atoms. The Morgan fingerprint density at radius 3 is 1.63 bits per heavy atom. The molecule has 2 aliphatic rings. The van der Waals surface area contributed by atoms with Crippen LogP contribution in [0.4, 0.5) is 0 Å². The van der Waals surface area contributed by atoms with Crippen molar-refractivity contribution in [1.29, 1.82) is 0 Å². The smallest absolute Gasteiger partial charge is 0.162 e. The average Bonchev–Trinajstić information content (AvgIpc) is 4.13. The van der Waals surface area contributed by atoms with Gasteiger partial charge in [0.25, 0.3) is 0 Å². The van der Waals surface area contributed by atoms with Gasteiger partial charge in [-0.2, -0.15) is 0 Å². The molecule has 1 fully saturated rings. The van der Waals surface area contributed by atoms with Crippen LogP contribution in [0.2, 0.25) is 0 Å². The van der Waals surface area contributed by atoms with Crippen molar-refractivity contribution in [2.75, 3.05) is 0 Å². The van der Waals surface area contributed by atoms with E-state index in [4.69, 9.17) is 0 Å². The molecular formula is C65H47IO2. The summed E-state index contributed by atoms with van der Waals surface area (Å²) in [6.07, 6.45) is 4.83. The zero-order valence-corrected chi connectivity index (χ0v) is 40.7. The molecule has 0 heterocycles. The first-order valence-electron chi connectivity index (χ1n) is 24.0. The molecule has 2 N–H and O–H groups in total. The number of hydrogen-bond donors (Lipinski definition) is 2. The second-order valence-electron chi connectivity index (χ2n) is 19.8. The predicted molar refractivity (Wildman–Crippen MR) is 298 cm³/mol. The molecular weight excluding hydrogens is 940 g/mol. The first-order chi connectivity index (χ1) is 33.2. The molecule has 0 atom stereocenters. The number of aromatic hydroxyl groups is 2. The van der Waals surface area contributed by atoms with E-state index in [2.05, 4.69) is 184 Å². The highest BCUT2D eigenvalue weighted by Gasteiger charge is 2.37. The number of benzene rings is 12. The maximum absolute atomic E-state index is 11.8. The summed E-state index contributed by atoms with van der Waals surface area (Å²) in [5.74, 6) is 0.309. The van der Waals surface area contributed by atoms with Gasteiger partial charge in [0.2, 0.25) is 0 Å². The van der Waals surface area contributed by atoms with Crippen LogP contribution in [-0.4, -0.2) is 10.2 Å². The third kappa shape index (κ3) is 5.23. The quantitative estimate of drug-likeness (QED) is 0.0754. The molecule has 0 amide bonds. The number of rotatable bonds is 6. The number of fused-ring (bicyclic) bond motifs is 4. The van der Waals surface area contributed by atoms with Crippen LogP contribution in [0.15, 0.2) is 134 Å². The van der Waals surface area contributed by atoms with E-state index in [1.165, 1.54) is 143 Å². The maximum atomic E-state index is 11.8. The highest BCUT2D eigenvalue weighted by atomic mass is 127. The molecule has 3 heteroatoms. The lowest BCUT2D eigenvalue weighted by molar-refractivity contribution is 0.398. The first-order valence-corrected chi connectivity index (χ1v) is 25.5. The molecule has 0 bridgehead atoms. The zero-order chi connectivity index (χ0) is 46.0. The SMILES string of the molecule is C=Cc1c2c(c(C)c3c(CI)c(O)c(O)c(C4CC4)c13)-c1c(c(C)c(C)c(C)c1-c1ccc(-c3ccc4ccc5cccc6ccc3c4c56)cc1-c1ccc3ccc4cccc5ccc1c3c45)C2. The molecule has 0 aromatic heterocycles. The number of halogens is 1. The van der Waals surface area contributed by atoms with Gasteiger partial charge < -0.3 is 10.2 Å². The molecule has 12 aromatic carbocycles. The minimum atomic E-state index is 0.0280.